The number of likely N-dealkylation sites (tertiary alicyclic amines) is 1. The Bertz CT molecular complexity index is 901. The zero-order chi connectivity index (χ0) is 16.7. The van der Waals surface area contributed by atoms with Crippen LogP contribution in [0.15, 0.2) is 17.6 Å². The van der Waals surface area contributed by atoms with Gasteiger partial charge in [-0.1, -0.05) is 0 Å². The van der Waals surface area contributed by atoms with E-state index >= 15 is 0 Å². The van der Waals surface area contributed by atoms with Gasteiger partial charge in [0.25, 0.3) is 11.7 Å². The molecule has 1 amide bonds. The van der Waals surface area contributed by atoms with Gasteiger partial charge in [-0.25, -0.2) is 14.5 Å². The minimum atomic E-state index is -0.141. The molecule has 0 bridgehead atoms. The Morgan fingerprint density at radius 3 is 2.92 bits per heavy atom. The van der Waals surface area contributed by atoms with Crippen LogP contribution in [-0.4, -0.2) is 41.9 Å². The summed E-state index contributed by atoms with van der Waals surface area (Å²) in [6, 6.07) is 1.86. The van der Waals surface area contributed by atoms with Crippen LogP contribution in [-0.2, 0) is 0 Å². The average molecular weight is 342 g/mol. The largest absolute Gasteiger partial charge is 0.326 e. The van der Waals surface area contributed by atoms with Crippen molar-refractivity contribution in [3.63, 3.8) is 0 Å². The summed E-state index contributed by atoms with van der Waals surface area (Å²) in [5.41, 5.74) is 1.90. The van der Waals surface area contributed by atoms with E-state index in [0.717, 1.165) is 35.7 Å². The molecule has 124 valence electrons. The van der Waals surface area contributed by atoms with Gasteiger partial charge in [0.2, 0.25) is 5.82 Å². The van der Waals surface area contributed by atoms with E-state index in [2.05, 4.69) is 20.1 Å². The molecular weight excluding hydrogens is 324 g/mol. The van der Waals surface area contributed by atoms with Crippen LogP contribution in [0.5, 0.6) is 0 Å². The molecule has 7 nitrogen and oxygen atoms in total. The van der Waals surface area contributed by atoms with E-state index in [0.29, 0.717) is 12.3 Å². The van der Waals surface area contributed by atoms with E-state index in [9.17, 15) is 4.79 Å². The Morgan fingerprint density at radius 2 is 2.17 bits per heavy atom. The monoisotopic (exact) mass is 342 g/mol. The van der Waals surface area contributed by atoms with Gasteiger partial charge >= 0.3 is 0 Å². The van der Waals surface area contributed by atoms with E-state index in [1.165, 1.54) is 0 Å². The molecule has 0 saturated carbocycles. The first-order chi connectivity index (χ1) is 11.6. The highest BCUT2D eigenvalue weighted by atomic mass is 32.1. The number of amides is 1. The van der Waals surface area contributed by atoms with Crippen molar-refractivity contribution < 1.29 is 4.79 Å². The lowest BCUT2D eigenvalue weighted by atomic mass is 10.0. The van der Waals surface area contributed by atoms with Crippen molar-refractivity contribution in [3.8, 4) is 0 Å². The zero-order valence-corrected chi connectivity index (χ0v) is 14.5. The highest BCUT2D eigenvalue weighted by Gasteiger charge is 2.32. The summed E-state index contributed by atoms with van der Waals surface area (Å²) in [6.45, 7) is 4.61. The van der Waals surface area contributed by atoms with Crippen LogP contribution < -0.4 is 0 Å². The fourth-order valence-electron chi connectivity index (χ4n) is 3.08. The fourth-order valence-corrected chi connectivity index (χ4v) is 4.02. The molecule has 1 atom stereocenters. The van der Waals surface area contributed by atoms with Gasteiger partial charge in [0.1, 0.15) is 5.01 Å². The topological polar surface area (TPSA) is 76.3 Å². The molecule has 1 saturated heterocycles. The molecule has 3 aromatic heterocycles. The standard InChI is InChI=1S/C16H18N6OS/c1-10-9-24-14(18-10)12-5-3-4-8-21(12)15(23)13-19-16-17-7-6-11(2)22(16)20-13/h6-7,9,12H,3-5,8H2,1-2H3/t12-/m0/s1. The average Bonchev–Trinajstić information content (AvgIpc) is 3.21. The van der Waals surface area contributed by atoms with Crippen molar-refractivity contribution in [2.45, 2.75) is 39.2 Å². The van der Waals surface area contributed by atoms with Crippen LogP contribution in [0.25, 0.3) is 5.78 Å². The van der Waals surface area contributed by atoms with Gasteiger partial charge in [-0.3, -0.25) is 4.79 Å². The Morgan fingerprint density at radius 1 is 1.29 bits per heavy atom. The molecule has 0 aromatic carbocycles. The van der Waals surface area contributed by atoms with Crippen molar-refractivity contribution in [2.75, 3.05) is 6.54 Å². The SMILES string of the molecule is Cc1csc([C@@H]2CCCCN2C(=O)c2nc3nccc(C)n3n2)n1. The van der Waals surface area contributed by atoms with Crippen LogP contribution in [0, 0.1) is 13.8 Å². The Kier molecular flexibility index (Phi) is 3.76. The number of hydrogen-bond acceptors (Lipinski definition) is 6. The van der Waals surface area contributed by atoms with E-state index in [1.54, 1.807) is 22.0 Å². The lowest BCUT2D eigenvalue weighted by Gasteiger charge is -2.33. The molecule has 8 heteroatoms. The van der Waals surface area contributed by atoms with Gasteiger partial charge in [0.05, 0.1) is 6.04 Å². The third kappa shape index (κ3) is 2.56. The Hall–Kier alpha value is -2.35. The maximum absolute atomic E-state index is 13.0. The maximum Gasteiger partial charge on any atom is 0.294 e. The van der Waals surface area contributed by atoms with Gasteiger partial charge in [0.15, 0.2) is 0 Å². The van der Waals surface area contributed by atoms with E-state index < -0.39 is 0 Å². The third-order valence-electron chi connectivity index (χ3n) is 4.31. The maximum atomic E-state index is 13.0. The molecule has 24 heavy (non-hydrogen) atoms. The summed E-state index contributed by atoms with van der Waals surface area (Å²) in [5.74, 6) is 0.520. The van der Waals surface area contributed by atoms with Gasteiger partial charge in [-0.2, -0.15) is 4.98 Å². The number of piperidine rings is 1. The second-order valence-electron chi connectivity index (χ2n) is 6.07. The number of carbonyl (C=O) groups is 1. The lowest BCUT2D eigenvalue weighted by molar-refractivity contribution is 0.0598. The van der Waals surface area contributed by atoms with Gasteiger partial charge in [0, 0.05) is 29.5 Å². The summed E-state index contributed by atoms with van der Waals surface area (Å²) >= 11 is 1.62. The molecule has 0 unspecified atom stereocenters. The van der Waals surface area contributed by atoms with Crippen LogP contribution in [0.1, 0.15) is 52.3 Å². The third-order valence-corrected chi connectivity index (χ3v) is 5.37. The fraction of sp³-hybridized carbons (Fsp3) is 0.438. The summed E-state index contributed by atoms with van der Waals surface area (Å²) in [7, 11) is 0. The number of thiazole rings is 1. The zero-order valence-electron chi connectivity index (χ0n) is 13.6. The first kappa shape index (κ1) is 15.2. The van der Waals surface area contributed by atoms with Crippen LogP contribution in [0.3, 0.4) is 0 Å². The van der Waals surface area contributed by atoms with Crippen molar-refractivity contribution >= 4 is 23.0 Å². The van der Waals surface area contributed by atoms with Crippen molar-refractivity contribution in [3.05, 3.63) is 39.9 Å². The highest BCUT2D eigenvalue weighted by molar-refractivity contribution is 7.09. The van der Waals surface area contributed by atoms with E-state index in [-0.39, 0.29) is 17.8 Å². The molecule has 0 radical (unpaired) electrons. The molecule has 1 aliphatic rings. The first-order valence-electron chi connectivity index (χ1n) is 8.05. The predicted molar refractivity (Wildman–Crippen MR) is 90.0 cm³/mol. The first-order valence-corrected chi connectivity index (χ1v) is 8.93. The number of fused-ring (bicyclic) bond motifs is 1. The molecule has 4 heterocycles. The molecule has 0 aliphatic carbocycles. The normalized spacial score (nSPS) is 18.2. The minimum absolute atomic E-state index is 0.0191. The molecule has 1 aliphatic heterocycles. The summed E-state index contributed by atoms with van der Waals surface area (Å²) in [6.07, 6.45) is 4.71. The number of carbonyl (C=O) groups excluding carboxylic acids is 1. The second-order valence-corrected chi connectivity index (χ2v) is 6.96. The molecule has 4 rings (SSSR count). The highest BCUT2D eigenvalue weighted by Crippen LogP contribution is 2.33. The summed E-state index contributed by atoms with van der Waals surface area (Å²) < 4.78 is 1.61. The van der Waals surface area contributed by atoms with Crippen molar-refractivity contribution in [1.82, 2.24) is 29.5 Å². The molecule has 0 spiro atoms. The smallest absolute Gasteiger partial charge is 0.294 e. The van der Waals surface area contributed by atoms with Crippen molar-refractivity contribution in [2.24, 2.45) is 0 Å². The lowest BCUT2D eigenvalue weighted by Crippen LogP contribution is -2.39. The molecular formula is C16H18N6OS. The minimum Gasteiger partial charge on any atom is -0.326 e. The molecule has 3 aromatic rings. The van der Waals surface area contributed by atoms with Crippen LogP contribution >= 0.6 is 11.3 Å². The van der Waals surface area contributed by atoms with Gasteiger partial charge in [-0.05, 0) is 39.2 Å². The quantitative estimate of drug-likeness (QED) is 0.715. The number of aryl methyl sites for hydroxylation is 2. The summed E-state index contributed by atoms with van der Waals surface area (Å²) in [5, 5.41) is 7.39. The predicted octanol–water partition coefficient (Wildman–Crippen LogP) is 2.57. The van der Waals surface area contributed by atoms with Crippen LogP contribution in [0.2, 0.25) is 0 Å². The number of hydrogen-bond donors (Lipinski definition) is 0. The number of rotatable bonds is 2. The number of nitrogens with zero attached hydrogens (tertiary/aromatic N) is 6. The van der Waals surface area contributed by atoms with Crippen molar-refractivity contribution in [1.29, 1.82) is 0 Å². The Balaban J connectivity index is 1.69. The van der Waals surface area contributed by atoms with Gasteiger partial charge < -0.3 is 4.90 Å². The molecule has 0 N–H and O–H groups in total. The van der Waals surface area contributed by atoms with E-state index in [4.69, 9.17) is 0 Å². The molecule has 1 fully saturated rings. The Labute approximate surface area is 143 Å². The second kappa shape index (κ2) is 5.94. The van der Waals surface area contributed by atoms with Gasteiger partial charge in [-0.15, -0.1) is 16.4 Å². The van der Waals surface area contributed by atoms with Crippen LogP contribution in [0.4, 0.5) is 0 Å². The van der Waals surface area contributed by atoms with E-state index in [1.807, 2.05) is 30.2 Å². The number of aromatic nitrogens is 5. The summed E-state index contributed by atoms with van der Waals surface area (Å²) in [4.78, 5) is 28.0.